The molecule has 2 fully saturated rings. The van der Waals surface area contributed by atoms with Crippen LogP contribution in [0.3, 0.4) is 0 Å². The van der Waals surface area contributed by atoms with Gasteiger partial charge in [0.2, 0.25) is 15.9 Å². The number of nitrogens with zero attached hydrogens (tertiary/aromatic N) is 3. The molecule has 2 atom stereocenters. The number of benzene rings is 2. The van der Waals surface area contributed by atoms with E-state index in [2.05, 4.69) is 10.4 Å². The maximum atomic E-state index is 13.6. The van der Waals surface area contributed by atoms with Crippen LogP contribution in [-0.2, 0) is 19.6 Å². The highest BCUT2D eigenvalue weighted by molar-refractivity contribution is 7.89. The molecule has 0 saturated heterocycles. The Bertz CT molecular complexity index is 1500. The van der Waals surface area contributed by atoms with Crippen molar-refractivity contribution in [1.29, 1.82) is 0 Å². The maximum absolute atomic E-state index is 13.6. The van der Waals surface area contributed by atoms with Crippen LogP contribution in [0.2, 0.25) is 0 Å². The SMILES string of the molecule is CCN(CC(=O)Nc1cc(-c2ccccc2)nn1-c1ccc(F)cc1)S(=O)(=O)CC12CCC(CC1=O)C2(C)C. The van der Waals surface area contributed by atoms with Crippen molar-refractivity contribution in [1.82, 2.24) is 14.1 Å². The second-order valence-electron chi connectivity index (χ2n) is 11.1. The summed E-state index contributed by atoms with van der Waals surface area (Å²) in [5.74, 6) is -0.686. The van der Waals surface area contributed by atoms with Crippen LogP contribution in [-0.4, -0.2) is 53.0 Å². The molecule has 2 unspecified atom stereocenters. The molecule has 0 radical (unpaired) electrons. The lowest BCUT2D eigenvalue weighted by molar-refractivity contribution is -0.128. The van der Waals surface area contributed by atoms with Crippen molar-refractivity contribution in [2.24, 2.45) is 16.7 Å². The van der Waals surface area contributed by atoms with E-state index >= 15 is 0 Å². The number of carbonyl (C=O) groups excluding carboxylic acids is 2. The van der Waals surface area contributed by atoms with Gasteiger partial charge in [-0.2, -0.15) is 9.40 Å². The van der Waals surface area contributed by atoms with Crippen molar-refractivity contribution in [2.75, 3.05) is 24.2 Å². The summed E-state index contributed by atoms with van der Waals surface area (Å²) in [6, 6.07) is 16.8. The molecule has 5 rings (SSSR count). The summed E-state index contributed by atoms with van der Waals surface area (Å²) in [6.45, 7) is 5.36. The van der Waals surface area contributed by atoms with Crippen molar-refractivity contribution in [2.45, 2.75) is 40.0 Å². The molecule has 0 aliphatic heterocycles. The molecular weight excluding hydrogens is 519 g/mol. The average molecular weight is 553 g/mol. The fraction of sp³-hybridized carbons (Fsp3) is 0.414. The minimum atomic E-state index is -3.91. The summed E-state index contributed by atoms with van der Waals surface area (Å²) in [5.41, 5.74) is 0.642. The van der Waals surface area contributed by atoms with Gasteiger partial charge in [0.25, 0.3) is 0 Å². The molecule has 1 amide bonds. The number of hydrogen-bond acceptors (Lipinski definition) is 5. The number of rotatable bonds is 9. The number of likely N-dealkylation sites (N-methyl/N-ethyl adjacent to an activating group) is 1. The summed E-state index contributed by atoms with van der Waals surface area (Å²) in [5, 5.41) is 7.41. The Morgan fingerprint density at radius 1 is 1.15 bits per heavy atom. The quantitative estimate of drug-likeness (QED) is 0.416. The maximum Gasteiger partial charge on any atom is 0.240 e. The van der Waals surface area contributed by atoms with Crippen LogP contribution in [0.4, 0.5) is 10.2 Å². The lowest BCUT2D eigenvalue weighted by atomic mass is 9.70. The summed E-state index contributed by atoms with van der Waals surface area (Å²) in [6.07, 6.45) is 1.83. The molecule has 8 nitrogen and oxygen atoms in total. The van der Waals surface area contributed by atoms with Gasteiger partial charge in [-0.15, -0.1) is 0 Å². The number of ketones is 1. The lowest BCUT2D eigenvalue weighted by Crippen LogP contribution is -2.48. The van der Waals surface area contributed by atoms with Crippen molar-refractivity contribution in [3.8, 4) is 16.9 Å². The highest BCUT2D eigenvalue weighted by atomic mass is 32.2. The normalized spacial score (nSPS) is 22.0. The van der Waals surface area contributed by atoms with E-state index in [1.807, 2.05) is 44.2 Å². The number of halogens is 1. The van der Waals surface area contributed by atoms with Crippen LogP contribution < -0.4 is 5.32 Å². The fourth-order valence-corrected chi connectivity index (χ4v) is 8.45. The molecule has 1 aromatic heterocycles. The monoisotopic (exact) mass is 552 g/mol. The largest absolute Gasteiger partial charge is 0.309 e. The Balaban J connectivity index is 1.38. The molecule has 206 valence electrons. The molecule has 2 aromatic carbocycles. The zero-order valence-corrected chi connectivity index (χ0v) is 23.2. The van der Waals surface area contributed by atoms with E-state index in [0.29, 0.717) is 30.0 Å². The van der Waals surface area contributed by atoms with E-state index in [1.165, 1.54) is 16.8 Å². The Morgan fingerprint density at radius 3 is 2.44 bits per heavy atom. The molecule has 39 heavy (non-hydrogen) atoms. The van der Waals surface area contributed by atoms with Crippen LogP contribution in [0.5, 0.6) is 0 Å². The molecule has 0 spiro atoms. The summed E-state index contributed by atoms with van der Waals surface area (Å²) >= 11 is 0. The Kier molecular flexibility index (Phi) is 6.97. The van der Waals surface area contributed by atoms with Gasteiger partial charge in [-0.05, 0) is 48.4 Å². The first-order valence-electron chi connectivity index (χ1n) is 13.2. The summed E-state index contributed by atoms with van der Waals surface area (Å²) in [7, 11) is -3.91. The second-order valence-corrected chi connectivity index (χ2v) is 13.0. The third-order valence-electron chi connectivity index (χ3n) is 8.75. The van der Waals surface area contributed by atoms with Crippen LogP contribution in [0, 0.1) is 22.6 Å². The standard InChI is InChI=1S/C29H33FN4O4S/c1-4-33(39(37,38)19-29-15-14-21(16-25(29)35)28(29,2)3)18-27(36)31-26-17-24(20-8-6-5-7-9-20)32-34(26)23-12-10-22(30)11-13-23/h5-13,17,21H,4,14-16,18-19H2,1-3H3,(H,31,36). The molecule has 1 heterocycles. The lowest BCUT2D eigenvalue weighted by Gasteiger charge is -2.37. The van der Waals surface area contributed by atoms with E-state index in [4.69, 9.17) is 0 Å². The van der Waals surface area contributed by atoms with Gasteiger partial charge in [-0.25, -0.2) is 17.5 Å². The van der Waals surface area contributed by atoms with Crippen LogP contribution >= 0.6 is 0 Å². The summed E-state index contributed by atoms with van der Waals surface area (Å²) in [4.78, 5) is 26.2. The number of amides is 1. The number of aromatic nitrogens is 2. The minimum absolute atomic E-state index is 0.0180. The smallest absolute Gasteiger partial charge is 0.240 e. The van der Waals surface area contributed by atoms with Crippen LogP contribution in [0.1, 0.15) is 40.0 Å². The van der Waals surface area contributed by atoms with Gasteiger partial charge < -0.3 is 5.32 Å². The number of nitrogens with one attached hydrogen (secondary N) is 1. The van der Waals surface area contributed by atoms with Gasteiger partial charge in [0.05, 0.1) is 23.7 Å². The second kappa shape index (κ2) is 9.98. The molecule has 3 aromatic rings. The van der Waals surface area contributed by atoms with Gasteiger partial charge in [-0.1, -0.05) is 51.1 Å². The van der Waals surface area contributed by atoms with Gasteiger partial charge in [-0.3, -0.25) is 9.59 Å². The van der Waals surface area contributed by atoms with E-state index in [1.54, 1.807) is 25.1 Å². The molecule has 2 saturated carbocycles. The van der Waals surface area contributed by atoms with E-state index in [9.17, 15) is 22.4 Å². The summed E-state index contributed by atoms with van der Waals surface area (Å²) < 4.78 is 43.3. The third-order valence-corrected chi connectivity index (χ3v) is 10.8. The van der Waals surface area contributed by atoms with E-state index < -0.39 is 39.1 Å². The minimum Gasteiger partial charge on any atom is -0.309 e. The number of hydrogen-bond donors (Lipinski definition) is 1. The highest BCUT2D eigenvalue weighted by Crippen LogP contribution is 2.64. The fourth-order valence-electron chi connectivity index (χ4n) is 6.26. The Labute approximate surface area is 228 Å². The van der Waals surface area contributed by atoms with Gasteiger partial charge in [0.15, 0.2) is 0 Å². The molecule has 1 N–H and O–H groups in total. The first-order valence-corrected chi connectivity index (χ1v) is 14.8. The molecule has 2 aliphatic carbocycles. The van der Waals surface area contributed by atoms with Crippen molar-refractivity contribution in [3.05, 3.63) is 66.5 Å². The first kappa shape index (κ1) is 27.2. The predicted octanol–water partition coefficient (Wildman–Crippen LogP) is 4.66. The van der Waals surface area contributed by atoms with E-state index in [0.717, 1.165) is 16.3 Å². The number of sulfonamides is 1. The third kappa shape index (κ3) is 4.80. The van der Waals surface area contributed by atoms with Gasteiger partial charge >= 0.3 is 0 Å². The van der Waals surface area contributed by atoms with Crippen molar-refractivity contribution < 1.29 is 22.4 Å². The van der Waals surface area contributed by atoms with Gasteiger partial charge in [0, 0.05) is 30.0 Å². The zero-order valence-electron chi connectivity index (χ0n) is 22.4. The zero-order chi connectivity index (χ0) is 28.0. The Morgan fingerprint density at radius 2 is 1.85 bits per heavy atom. The van der Waals surface area contributed by atoms with Crippen molar-refractivity contribution >= 4 is 27.5 Å². The number of Topliss-reactive ketones (excluding diaryl/α,β-unsaturated/α-hetero) is 1. The number of fused-ring (bicyclic) bond motifs is 2. The molecule has 2 bridgehead atoms. The average Bonchev–Trinajstić information content (AvgIpc) is 3.47. The first-order chi connectivity index (χ1) is 18.5. The van der Waals surface area contributed by atoms with Gasteiger partial charge in [0.1, 0.15) is 17.4 Å². The Hall–Kier alpha value is -3.37. The number of carbonyl (C=O) groups is 2. The van der Waals surface area contributed by atoms with Crippen LogP contribution in [0.15, 0.2) is 60.7 Å². The predicted molar refractivity (Wildman–Crippen MR) is 147 cm³/mol. The topological polar surface area (TPSA) is 101 Å². The number of anilines is 1. The van der Waals surface area contributed by atoms with E-state index in [-0.39, 0.29) is 24.0 Å². The molecule has 2 aliphatic rings. The highest BCUT2D eigenvalue weighted by Gasteiger charge is 2.65. The molecule has 10 heteroatoms. The van der Waals surface area contributed by atoms with Crippen molar-refractivity contribution in [3.63, 3.8) is 0 Å². The molecular formula is C29H33FN4O4S. The van der Waals surface area contributed by atoms with Crippen LogP contribution in [0.25, 0.3) is 16.9 Å².